The van der Waals surface area contributed by atoms with Gasteiger partial charge in [0.05, 0.1) is 12.6 Å². The van der Waals surface area contributed by atoms with E-state index in [4.69, 9.17) is 5.73 Å². The molecule has 3 rings (SSSR count). The molecule has 1 aliphatic heterocycles. The fraction of sp³-hybridized carbons (Fsp3) is 0.636. The van der Waals surface area contributed by atoms with Crippen LogP contribution in [0.15, 0.2) is 30.3 Å². The molecule has 1 aromatic rings. The van der Waals surface area contributed by atoms with Crippen LogP contribution < -0.4 is 11.1 Å². The van der Waals surface area contributed by atoms with Gasteiger partial charge in [-0.15, -0.1) is 0 Å². The minimum atomic E-state index is -0.509. The molecular weight excluding hydrogens is 352 g/mol. The van der Waals surface area contributed by atoms with Crippen molar-refractivity contribution in [3.8, 4) is 0 Å². The molecule has 0 spiro atoms. The Kier molecular flexibility index (Phi) is 7.45. The van der Waals surface area contributed by atoms with Gasteiger partial charge in [0.1, 0.15) is 0 Å². The van der Waals surface area contributed by atoms with E-state index in [1.54, 1.807) is 0 Å². The number of hydrogen-bond donors (Lipinski definition) is 2. The first-order chi connectivity index (χ1) is 13.5. The molecule has 2 fully saturated rings. The molecule has 0 bridgehead atoms. The minimum Gasteiger partial charge on any atom is -0.352 e. The normalized spacial score (nSPS) is 24.6. The van der Waals surface area contributed by atoms with E-state index in [0.717, 1.165) is 31.5 Å². The van der Waals surface area contributed by atoms with Crippen LogP contribution in [-0.2, 0) is 16.0 Å². The molecule has 0 aromatic heterocycles. The first-order valence-electron chi connectivity index (χ1n) is 10.6. The lowest BCUT2D eigenvalue weighted by molar-refractivity contribution is -0.134. The third kappa shape index (κ3) is 6.04. The number of benzene rings is 1. The summed E-state index contributed by atoms with van der Waals surface area (Å²) in [6.45, 7) is 5.39. The van der Waals surface area contributed by atoms with Crippen molar-refractivity contribution in [1.82, 2.24) is 15.1 Å². The van der Waals surface area contributed by atoms with Crippen molar-refractivity contribution in [1.29, 1.82) is 0 Å². The maximum absolute atomic E-state index is 12.6. The number of nitrogens with zero attached hydrogens (tertiary/aromatic N) is 2. The summed E-state index contributed by atoms with van der Waals surface area (Å²) in [5.74, 6) is 0.817. The van der Waals surface area contributed by atoms with Gasteiger partial charge in [-0.3, -0.25) is 14.5 Å². The molecule has 1 aromatic carbocycles. The fourth-order valence-corrected chi connectivity index (χ4v) is 4.36. The van der Waals surface area contributed by atoms with Crippen LogP contribution >= 0.6 is 0 Å². The van der Waals surface area contributed by atoms with Gasteiger partial charge in [-0.05, 0) is 30.7 Å². The molecule has 3 atom stereocenters. The van der Waals surface area contributed by atoms with Gasteiger partial charge < -0.3 is 16.0 Å². The van der Waals surface area contributed by atoms with E-state index in [9.17, 15) is 9.59 Å². The van der Waals surface area contributed by atoms with E-state index in [2.05, 4.69) is 17.1 Å². The van der Waals surface area contributed by atoms with E-state index in [1.807, 2.05) is 35.2 Å². The summed E-state index contributed by atoms with van der Waals surface area (Å²) in [5, 5.41) is 3.19. The van der Waals surface area contributed by atoms with Gasteiger partial charge in [0, 0.05) is 32.2 Å². The summed E-state index contributed by atoms with van der Waals surface area (Å²) in [5.41, 5.74) is 7.22. The molecule has 1 aliphatic carbocycles. The van der Waals surface area contributed by atoms with Crippen molar-refractivity contribution in [3.63, 3.8) is 0 Å². The average molecular weight is 387 g/mol. The fourth-order valence-electron chi connectivity index (χ4n) is 4.36. The Balaban J connectivity index is 1.38. The van der Waals surface area contributed by atoms with Crippen LogP contribution in [0, 0.1) is 5.92 Å². The Morgan fingerprint density at radius 1 is 1.14 bits per heavy atom. The molecule has 1 heterocycles. The molecule has 2 aliphatic rings. The lowest BCUT2D eigenvalue weighted by Crippen LogP contribution is -2.55. The van der Waals surface area contributed by atoms with Gasteiger partial charge in [0.25, 0.3) is 0 Å². The topological polar surface area (TPSA) is 78.7 Å². The van der Waals surface area contributed by atoms with Crippen molar-refractivity contribution < 1.29 is 9.59 Å². The molecule has 154 valence electrons. The number of hydrogen-bond acceptors (Lipinski definition) is 4. The largest absolute Gasteiger partial charge is 0.352 e. The first-order valence-corrected chi connectivity index (χ1v) is 10.6. The molecule has 6 nitrogen and oxygen atoms in total. The zero-order chi connectivity index (χ0) is 19.9. The van der Waals surface area contributed by atoms with Gasteiger partial charge in [0.2, 0.25) is 11.8 Å². The van der Waals surface area contributed by atoms with Gasteiger partial charge in [0.15, 0.2) is 0 Å². The number of piperazine rings is 1. The second-order valence-electron chi connectivity index (χ2n) is 8.43. The van der Waals surface area contributed by atoms with E-state index >= 15 is 0 Å². The summed E-state index contributed by atoms with van der Waals surface area (Å²) < 4.78 is 0. The van der Waals surface area contributed by atoms with Crippen LogP contribution in [0.25, 0.3) is 0 Å². The highest BCUT2D eigenvalue weighted by Crippen LogP contribution is 2.23. The highest BCUT2D eigenvalue weighted by atomic mass is 16.2. The van der Waals surface area contributed by atoms with Crippen LogP contribution in [0.2, 0.25) is 0 Å². The maximum Gasteiger partial charge on any atom is 0.239 e. The second-order valence-corrected chi connectivity index (χ2v) is 8.43. The van der Waals surface area contributed by atoms with Crippen molar-refractivity contribution >= 4 is 11.8 Å². The quantitative estimate of drug-likeness (QED) is 0.775. The molecule has 1 saturated heterocycles. The maximum atomic E-state index is 12.6. The smallest absolute Gasteiger partial charge is 0.239 e. The highest BCUT2D eigenvalue weighted by molar-refractivity contribution is 5.82. The molecule has 2 amide bonds. The van der Waals surface area contributed by atoms with Crippen LogP contribution in [0.4, 0.5) is 0 Å². The van der Waals surface area contributed by atoms with Crippen LogP contribution in [0.1, 0.15) is 38.2 Å². The van der Waals surface area contributed by atoms with E-state index in [-0.39, 0.29) is 11.8 Å². The summed E-state index contributed by atoms with van der Waals surface area (Å²) in [4.78, 5) is 29.0. The monoisotopic (exact) mass is 386 g/mol. The predicted octanol–water partition coefficient (Wildman–Crippen LogP) is 1.40. The van der Waals surface area contributed by atoms with Crippen LogP contribution in [0.3, 0.4) is 0 Å². The predicted molar refractivity (Wildman–Crippen MR) is 111 cm³/mol. The number of nitrogens with two attached hydrogens (primary N) is 1. The Labute approximate surface area is 168 Å². The third-order valence-electron chi connectivity index (χ3n) is 5.97. The van der Waals surface area contributed by atoms with Crippen LogP contribution in [0.5, 0.6) is 0 Å². The number of carbonyl (C=O) groups excluding carboxylic acids is 2. The highest BCUT2D eigenvalue weighted by Gasteiger charge is 2.27. The van der Waals surface area contributed by atoms with E-state index in [1.165, 1.54) is 12.8 Å². The zero-order valence-corrected chi connectivity index (χ0v) is 17.0. The van der Waals surface area contributed by atoms with E-state index < -0.39 is 6.04 Å². The molecule has 6 heteroatoms. The number of rotatable bonds is 6. The molecule has 0 radical (unpaired) electrons. The van der Waals surface area contributed by atoms with E-state index in [0.29, 0.717) is 38.0 Å². The van der Waals surface area contributed by atoms with Crippen molar-refractivity contribution in [2.24, 2.45) is 11.7 Å². The number of amides is 2. The standard InChI is InChI=1S/C22H34N4O2/c1-17-6-5-9-19(14-17)24-21(27)16-25-10-12-26(13-11-25)22(28)20(23)15-18-7-3-2-4-8-18/h2-4,7-8,17,19-20H,5-6,9-16,23H2,1H3,(H,24,27). The van der Waals surface area contributed by atoms with Crippen molar-refractivity contribution in [2.75, 3.05) is 32.7 Å². The van der Waals surface area contributed by atoms with Gasteiger partial charge in [-0.25, -0.2) is 0 Å². The van der Waals surface area contributed by atoms with Gasteiger partial charge >= 0.3 is 0 Å². The van der Waals surface area contributed by atoms with Gasteiger partial charge in [-0.2, -0.15) is 0 Å². The Hall–Kier alpha value is -1.92. The second kappa shape index (κ2) is 10.0. The Bertz CT molecular complexity index is 643. The summed E-state index contributed by atoms with van der Waals surface area (Å²) in [6.07, 6.45) is 5.22. The summed E-state index contributed by atoms with van der Waals surface area (Å²) in [6, 6.07) is 9.70. The number of carbonyl (C=O) groups is 2. The van der Waals surface area contributed by atoms with Crippen molar-refractivity contribution in [3.05, 3.63) is 35.9 Å². The molecule has 3 N–H and O–H groups in total. The molecule has 28 heavy (non-hydrogen) atoms. The summed E-state index contributed by atoms with van der Waals surface area (Å²) in [7, 11) is 0. The van der Waals surface area contributed by atoms with Gasteiger partial charge in [-0.1, -0.05) is 50.1 Å². The SMILES string of the molecule is CC1CCCC(NC(=O)CN2CCN(C(=O)C(N)Cc3ccccc3)CC2)C1. The molecular formula is C22H34N4O2. The van der Waals surface area contributed by atoms with Crippen LogP contribution in [-0.4, -0.2) is 66.4 Å². The number of nitrogens with one attached hydrogen (secondary N) is 1. The minimum absolute atomic E-state index is 0.00384. The average Bonchev–Trinajstić information content (AvgIpc) is 2.68. The van der Waals surface area contributed by atoms with Crippen molar-refractivity contribution in [2.45, 2.75) is 51.1 Å². The Morgan fingerprint density at radius 3 is 2.54 bits per heavy atom. The molecule has 1 saturated carbocycles. The molecule has 3 unspecified atom stereocenters. The third-order valence-corrected chi connectivity index (χ3v) is 5.97. The zero-order valence-electron chi connectivity index (χ0n) is 17.0. The first kappa shape index (κ1) is 20.8. The Morgan fingerprint density at radius 2 is 1.86 bits per heavy atom. The lowest BCUT2D eigenvalue weighted by Gasteiger charge is -2.36. The lowest BCUT2D eigenvalue weighted by atomic mass is 9.87. The summed E-state index contributed by atoms with van der Waals surface area (Å²) >= 11 is 0.